The van der Waals surface area contributed by atoms with Gasteiger partial charge in [-0.15, -0.1) is 0 Å². The molecule has 0 amide bonds. The Morgan fingerprint density at radius 2 is 1.28 bits per heavy atom. The van der Waals surface area contributed by atoms with Crippen LogP contribution in [-0.2, 0) is 0 Å². The first-order chi connectivity index (χ1) is 8.86. The van der Waals surface area contributed by atoms with Crippen LogP contribution in [0.1, 0.15) is 0 Å². The van der Waals surface area contributed by atoms with Gasteiger partial charge in [-0.3, -0.25) is 0 Å². The predicted octanol–water partition coefficient (Wildman–Crippen LogP) is 4.11. The van der Waals surface area contributed by atoms with Crippen molar-refractivity contribution < 1.29 is 4.42 Å². The maximum atomic E-state index is 5.57. The summed E-state index contributed by atoms with van der Waals surface area (Å²) in [5.41, 5.74) is 5.50. The molecule has 18 heavy (non-hydrogen) atoms. The second-order valence-corrected chi connectivity index (χ2v) is 4.65. The van der Waals surface area contributed by atoms with Gasteiger partial charge in [-0.05, 0) is 11.1 Å². The molecule has 3 rings (SSSR count). The Kier molecular flexibility index (Phi) is 3.00. The van der Waals surface area contributed by atoms with Gasteiger partial charge < -0.3 is 4.42 Å². The van der Waals surface area contributed by atoms with Crippen LogP contribution in [0.3, 0.4) is 0 Å². The second kappa shape index (κ2) is 4.80. The standard InChI is InChI=1S/C16H13OP/c18-16-15(13-9-5-2-6-10-13)14(11-17-16)12-7-3-1-4-8-12/h1-11H,18H2. The summed E-state index contributed by atoms with van der Waals surface area (Å²) in [7, 11) is 2.66. The van der Waals surface area contributed by atoms with Crippen molar-refractivity contribution in [1.29, 1.82) is 0 Å². The van der Waals surface area contributed by atoms with Crippen LogP contribution in [0.2, 0.25) is 0 Å². The molecule has 1 aromatic heterocycles. The molecular weight excluding hydrogens is 239 g/mol. The minimum atomic E-state index is 0.875. The molecule has 0 radical (unpaired) electrons. The lowest BCUT2D eigenvalue weighted by atomic mass is 9.99. The topological polar surface area (TPSA) is 13.1 Å². The molecule has 0 aliphatic rings. The third kappa shape index (κ3) is 1.98. The van der Waals surface area contributed by atoms with Crippen LogP contribution in [0.4, 0.5) is 0 Å². The highest BCUT2D eigenvalue weighted by atomic mass is 31.0. The third-order valence-corrected chi connectivity index (χ3v) is 3.39. The van der Waals surface area contributed by atoms with Gasteiger partial charge in [0.2, 0.25) is 0 Å². The normalized spacial score (nSPS) is 10.5. The van der Waals surface area contributed by atoms with Gasteiger partial charge in [0.1, 0.15) is 5.50 Å². The van der Waals surface area contributed by atoms with E-state index in [4.69, 9.17) is 4.42 Å². The van der Waals surface area contributed by atoms with Crippen molar-refractivity contribution in [2.75, 3.05) is 0 Å². The zero-order valence-electron chi connectivity index (χ0n) is 9.84. The number of rotatable bonds is 2. The monoisotopic (exact) mass is 252 g/mol. The molecule has 2 heteroatoms. The Bertz CT molecular complexity index is 641. The van der Waals surface area contributed by atoms with Gasteiger partial charge in [-0.2, -0.15) is 0 Å². The summed E-state index contributed by atoms with van der Waals surface area (Å²) in [6.07, 6.45) is 1.82. The predicted molar refractivity (Wildman–Crippen MR) is 78.9 cm³/mol. The Morgan fingerprint density at radius 3 is 1.89 bits per heavy atom. The van der Waals surface area contributed by atoms with Crippen molar-refractivity contribution in [1.82, 2.24) is 0 Å². The summed E-state index contributed by atoms with van der Waals surface area (Å²) in [5.74, 6) is 0. The van der Waals surface area contributed by atoms with E-state index < -0.39 is 0 Å². The Balaban J connectivity index is 2.19. The molecule has 0 spiro atoms. The molecule has 1 heterocycles. The SMILES string of the molecule is Pc1occ(-c2ccccc2)c1-c1ccccc1. The molecule has 1 unspecified atom stereocenters. The van der Waals surface area contributed by atoms with E-state index >= 15 is 0 Å². The highest BCUT2D eigenvalue weighted by Gasteiger charge is 2.13. The van der Waals surface area contributed by atoms with E-state index in [9.17, 15) is 0 Å². The summed E-state index contributed by atoms with van der Waals surface area (Å²) in [6.45, 7) is 0. The summed E-state index contributed by atoms with van der Waals surface area (Å²) in [4.78, 5) is 0. The quantitative estimate of drug-likeness (QED) is 0.625. The van der Waals surface area contributed by atoms with Crippen LogP contribution < -0.4 is 5.50 Å². The number of benzene rings is 2. The van der Waals surface area contributed by atoms with Crippen molar-refractivity contribution in [3.05, 3.63) is 66.9 Å². The first kappa shape index (κ1) is 11.3. The summed E-state index contributed by atoms with van der Waals surface area (Å²) >= 11 is 0. The van der Waals surface area contributed by atoms with Gasteiger partial charge in [0.25, 0.3) is 0 Å². The van der Waals surface area contributed by atoms with Crippen molar-refractivity contribution in [3.8, 4) is 22.3 Å². The molecular formula is C16H13OP. The molecule has 2 aromatic carbocycles. The molecule has 0 aliphatic heterocycles. The van der Waals surface area contributed by atoms with Crippen molar-refractivity contribution in [2.24, 2.45) is 0 Å². The van der Waals surface area contributed by atoms with E-state index in [0.717, 1.165) is 16.6 Å². The largest absolute Gasteiger partial charge is 0.464 e. The molecule has 1 nitrogen and oxygen atoms in total. The van der Waals surface area contributed by atoms with E-state index in [0.29, 0.717) is 0 Å². The average Bonchev–Trinajstić information content (AvgIpc) is 2.83. The van der Waals surface area contributed by atoms with E-state index in [2.05, 4.69) is 33.5 Å². The zero-order chi connectivity index (χ0) is 12.4. The Labute approximate surface area is 109 Å². The lowest BCUT2D eigenvalue weighted by Gasteiger charge is -2.04. The molecule has 0 N–H and O–H groups in total. The molecule has 0 saturated carbocycles. The fourth-order valence-electron chi connectivity index (χ4n) is 2.11. The van der Waals surface area contributed by atoms with Crippen molar-refractivity contribution in [2.45, 2.75) is 0 Å². The Morgan fingerprint density at radius 1 is 0.722 bits per heavy atom. The molecule has 0 bridgehead atoms. The fourth-order valence-corrected chi connectivity index (χ4v) is 2.50. The number of furan rings is 1. The van der Waals surface area contributed by atoms with Crippen LogP contribution in [0.25, 0.3) is 22.3 Å². The van der Waals surface area contributed by atoms with Crippen LogP contribution in [0, 0.1) is 0 Å². The number of hydrogen-bond acceptors (Lipinski definition) is 1. The van der Waals surface area contributed by atoms with Crippen LogP contribution in [0.5, 0.6) is 0 Å². The highest BCUT2D eigenvalue weighted by Crippen LogP contribution is 2.32. The maximum absolute atomic E-state index is 5.57. The summed E-state index contributed by atoms with van der Waals surface area (Å²) < 4.78 is 5.57. The van der Waals surface area contributed by atoms with Gasteiger partial charge in [0.05, 0.1) is 6.26 Å². The van der Waals surface area contributed by atoms with E-state index in [1.54, 1.807) is 0 Å². The van der Waals surface area contributed by atoms with E-state index in [1.165, 1.54) is 11.1 Å². The van der Waals surface area contributed by atoms with Crippen molar-refractivity contribution >= 4 is 14.7 Å². The smallest absolute Gasteiger partial charge is 0.127 e. The molecule has 0 fully saturated rings. The van der Waals surface area contributed by atoms with E-state index in [-0.39, 0.29) is 0 Å². The van der Waals surface area contributed by atoms with Crippen LogP contribution >= 0.6 is 9.24 Å². The molecule has 3 aromatic rings. The molecule has 88 valence electrons. The van der Waals surface area contributed by atoms with Gasteiger partial charge in [0.15, 0.2) is 0 Å². The van der Waals surface area contributed by atoms with Gasteiger partial charge in [0, 0.05) is 11.1 Å². The zero-order valence-corrected chi connectivity index (χ0v) is 11.0. The maximum Gasteiger partial charge on any atom is 0.127 e. The van der Waals surface area contributed by atoms with Crippen LogP contribution in [-0.4, -0.2) is 0 Å². The van der Waals surface area contributed by atoms with Gasteiger partial charge >= 0.3 is 0 Å². The minimum absolute atomic E-state index is 0.875. The summed E-state index contributed by atoms with van der Waals surface area (Å²) in [5, 5.41) is 0. The Hall–Kier alpha value is -1.85. The average molecular weight is 252 g/mol. The molecule has 0 saturated heterocycles. The molecule has 1 atom stereocenters. The molecule has 0 aliphatic carbocycles. The third-order valence-electron chi connectivity index (χ3n) is 2.97. The van der Waals surface area contributed by atoms with Gasteiger partial charge in [-0.1, -0.05) is 69.9 Å². The highest BCUT2D eigenvalue weighted by molar-refractivity contribution is 7.27. The number of hydrogen-bond donors (Lipinski definition) is 0. The lowest BCUT2D eigenvalue weighted by molar-refractivity contribution is 0.605. The fraction of sp³-hybridized carbons (Fsp3) is 0. The summed E-state index contributed by atoms with van der Waals surface area (Å²) in [6, 6.07) is 20.6. The van der Waals surface area contributed by atoms with E-state index in [1.807, 2.05) is 42.7 Å². The minimum Gasteiger partial charge on any atom is -0.464 e. The van der Waals surface area contributed by atoms with Crippen LogP contribution in [0.15, 0.2) is 71.3 Å². The first-order valence-corrected chi connectivity index (χ1v) is 6.42. The van der Waals surface area contributed by atoms with Crippen molar-refractivity contribution in [3.63, 3.8) is 0 Å². The lowest BCUT2D eigenvalue weighted by Crippen LogP contribution is -1.91. The second-order valence-electron chi connectivity index (χ2n) is 4.12. The van der Waals surface area contributed by atoms with Gasteiger partial charge in [-0.25, -0.2) is 0 Å². The first-order valence-electron chi connectivity index (χ1n) is 5.84.